The minimum absolute atomic E-state index is 0.522. The van der Waals surface area contributed by atoms with Crippen LogP contribution in [0.1, 0.15) is 48.8 Å². The molecule has 1 aromatic carbocycles. The molecular weight excluding hydrogens is 336 g/mol. The van der Waals surface area contributed by atoms with Gasteiger partial charge < -0.3 is 0 Å². The zero-order chi connectivity index (χ0) is 13.7. The first-order chi connectivity index (χ1) is 9.72. The molecule has 4 rings (SSSR count). The average Bonchev–Trinajstić information content (AvgIpc) is 3.33. The molecule has 2 aliphatic rings. The molecule has 1 aromatic heterocycles. The summed E-state index contributed by atoms with van der Waals surface area (Å²) in [6.07, 6.45) is 5.01. The van der Waals surface area contributed by atoms with Gasteiger partial charge in [0.15, 0.2) is 5.82 Å². The molecule has 102 valence electrons. The van der Waals surface area contributed by atoms with Gasteiger partial charge in [0.1, 0.15) is 5.15 Å². The molecule has 0 atom stereocenters. The fourth-order valence-corrected chi connectivity index (χ4v) is 3.22. The van der Waals surface area contributed by atoms with E-state index < -0.39 is 0 Å². The number of rotatable bonds is 3. The first-order valence-electron chi connectivity index (χ1n) is 7.05. The molecule has 1 heterocycles. The van der Waals surface area contributed by atoms with E-state index in [1.54, 1.807) is 0 Å². The van der Waals surface area contributed by atoms with Crippen LogP contribution in [0.2, 0.25) is 5.15 Å². The van der Waals surface area contributed by atoms with Crippen LogP contribution in [0.25, 0.3) is 11.4 Å². The van der Waals surface area contributed by atoms with Gasteiger partial charge in [-0.25, -0.2) is 9.97 Å². The van der Waals surface area contributed by atoms with Crippen molar-refractivity contribution in [3.8, 4) is 11.4 Å². The van der Waals surface area contributed by atoms with E-state index in [9.17, 15) is 0 Å². The Balaban J connectivity index is 1.79. The van der Waals surface area contributed by atoms with Crippen molar-refractivity contribution in [3.63, 3.8) is 0 Å². The SMILES string of the molecule is Clc1nc(-c2cccc(C3CC3)c2)nc(C2CC2)c1Br. The monoisotopic (exact) mass is 348 g/mol. The number of hydrogen-bond acceptors (Lipinski definition) is 2. The smallest absolute Gasteiger partial charge is 0.161 e. The molecule has 2 saturated carbocycles. The van der Waals surface area contributed by atoms with Gasteiger partial charge in [0.05, 0.1) is 10.2 Å². The lowest BCUT2D eigenvalue weighted by atomic mass is 10.1. The molecule has 0 saturated heterocycles. The van der Waals surface area contributed by atoms with E-state index in [2.05, 4.69) is 45.2 Å². The Hall–Kier alpha value is -0.930. The molecule has 0 spiro atoms. The van der Waals surface area contributed by atoms with Crippen molar-refractivity contribution in [2.75, 3.05) is 0 Å². The van der Waals surface area contributed by atoms with Gasteiger partial charge in [-0.1, -0.05) is 29.8 Å². The Morgan fingerprint density at radius 3 is 2.50 bits per heavy atom. The highest BCUT2D eigenvalue weighted by atomic mass is 79.9. The third-order valence-electron chi connectivity index (χ3n) is 3.99. The maximum atomic E-state index is 6.26. The highest BCUT2D eigenvalue weighted by Gasteiger charge is 2.29. The highest BCUT2D eigenvalue weighted by Crippen LogP contribution is 2.45. The number of benzene rings is 1. The summed E-state index contributed by atoms with van der Waals surface area (Å²) < 4.78 is 0.865. The van der Waals surface area contributed by atoms with Crippen molar-refractivity contribution in [3.05, 3.63) is 45.1 Å². The Morgan fingerprint density at radius 1 is 1.05 bits per heavy atom. The molecule has 2 aliphatic carbocycles. The average molecular weight is 350 g/mol. The van der Waals surface area contributed by atoms with Gasteiger partial charge in [0.2, 0.25) is 0 Å². The van der Waals surface area contributed by atoms with Gasteiger partial charge in [-0.3, -0.25) is 0 Å². The van der Waals surface area contributed by atoms with Crippen molar-refractivity contribution in [1.82, 2.24) is 9.97 Å². The minimum atomic E-state index is 0.522. The van der Waals surface area contributed by atoms with Gasteiger partial charge >= 0.3 is 0 Å². The van der Waals surface area contributed by atoms with Crippen LogP contribution < -0.4 is 0 Å². The third kappa shape index (κ3) is 2.38. The summed E-state index contributed by atoms with van der Waals surface area (Å²) in [5.74, 6) is 2.04. The van der Waals surface area contributed by atoms with Crippen molar-refractivity contribution in [2.45, 2.75) is 37.5 Å². The largest absolute Gasteiger partial charge is 0.231 e. The molecule has 2 nitrogen and oxygen atoms in total. The first kappa shape index (κ1) is 12.8. The molecule has 2 fully saturated rings. The number of halogens is 2. The molecule has 4 heteroatoms. The van der Waals surface area contributed by atoms with E-state index in [0.29, 0.717) is 11.1 Å². The molecule has 0 aliphatic heterocycles. The zero-order valence-corrected chi connectivity index (χ0v) is 13.3. The van der Waals surface area contributed by atoms with Crippen molar-refractivity contribution >= 4 is 27.5 Å². The lowest BCUT2D eigenvalue weighted by molar-refractivity contribution is 0.978. The Kier molecular flexibility index (Phi) is 3.08. The molecule has 0 radical (unpaired) electrons. The van der Waals surface area contributed by atoms with Gasteiger partial charge in [-0.15, -0.1) is 0 Å². The lowest BCUT2D eigenvalue weighted by Crippen LogP contribution is -1.97. The van der Waals surface area contributed by atoms with Crippen LogP contribution in [0.3, 0.4) is 0 Å². The highest BCUT2D eigenvalue weighted by molar-refractivity contribution is 9.10. The van der Waals surface area contributed by atoms with Crippen molar-refractivity contribution < 1.29 is 0 Å². The summed E-state index contributed by atoms with van der Waals surface area (Å²) in [6.45, 7) is 0. The topological polar surface area (TPSA) is 25.8 Å². The minimum Gasteiger partial charge on any atom is -0.231 e. The molecule has 0 unspecified atom stereocenters. The summed E-state index contributed by atoms with van der Waals surface area (Å²) in [5.41, 5.74) is 3.54. The van der Waals surface area contributed by atoms with Crippen LogP contribution in [-0.2, 0) is 0 Å². The van der Waals surface area contributed by atoms with E-state index >= 15 is 0 Å². The lowest BCUT2D eigenvalue weighted by Gasteiger charge is -2.08. The second-order valence-corrected chi connectivity index (χ2v) is 6.86. The van der Waals surface area contributed by atoms with Crippen molar-refractivity contribution in [2.24, 2.45) is 0 Å². The molecule has 0 N–H and O–H groups in total. The zero-order valence-electron chi connectivity index (χ0n) is 10.9. The van der Waals surface area contributed by atoms with Crippen LogP contribution in [-0.4, -0.2) is 9.97 Å². The molecule has 0 amide bonds. The molecule has 2 aromatic rings. The van der Waals surface area contributed by atoms with Gasteiger partial charge in [0.25, 0.3) is 0 Å². The maximum absolute atomic E-state index is 6.26. The van der Waals surface area contributed by atoms with E-state index in [0.717, 1.165) is 27.5 Å². The van der Waals surface area contributed by atoms with Crippen LogP contribution in [0.5, 0.6) is 0 Å². The normalized spacial score (nSPS) is 18.3. The van der Waals surface area contributed by atoms with Crippen molar-refractivity contribution in [1.29, 1.82) is 0 Å². The van der Waals surface area contributed by atoms with E-state index in [1.165, 1.54) is 31.2 Å². The van der Waals surface area contributed by atoms with E-state index in [-0.39, 0.29) is 0 Å². The Bertz CT molecular complexity index is 678. The number of nitrogens with zero attached hydrogens (tertiary/aromatic N) is 2. The number of aromatic nitrogens is 2. The number of hydrogen-bond donors (Lipinski definition) is 0. The molecular formula is C16H14BrClN2. The fourth-order valence-electron chi connectivity index (χ4n) is 2.54. The molecule has 0 bridgehead atoms. The first-order valence-corrected chi connectivity index (χ1v) is 8.23. The quantitative estimate of drug-likeness (QED) is 0.701. The molecule has 20 heavy (non-hydrogen) atoms. The maximum Gasteiger partial charge on any atom is 0.161 e. The van der Waals surface area contributed by atoms with E-state index in [1.807, 2.05) is 0 Å². The van der Waals surface area contributed by atoms with Crippen LogP contribution in [0, 0.1) is 0 Å². The second kappa shape index (κ2) is 4.81. The van der Waals surface area contributed by atoms with E-state index in [4.69, 9.17) is 16.6 Å². The predicted octanol–water partition coefficient (Wildman–Crippen LogP) is 5.31. The third-order valence-corrected chi connectivity index (χ3v) is 5.28. The summed E-state index contributed by atoms with van der Waals surface area (Å²) in [5, 5.41) is 0.522. The van der Waals surface area contributed by atoms with Gasteiger partial charge in [-0.2, -0.15) is 0 Å². The van der Waals surface area contributed by atoms with Crippen LogP contribution in [0.4, 0.5) is 0 Å². The summed E-state index contributed by atoms with van der Waals surface area (Å²) in [4.78, 5) is 9.19. The summed E-state index contributed by atoms with van der Waals surface area (Å²) >= 11 is 9.78. The van der Waals surface area contributed by atoms with Crippen LogP contribution in [0.15, 0.2) is 28.7 Å². The standard InChI is InChI=1S/C16H14BrClN2/c17-13-14(10-6-7-10)19-16(20-15(13)18)12-3-1-2-11(8-12)9-4-5-9/h1-3,8-10H,4-7H2. The van der Waals surface area contributed by atoms with Gasteiger partial charge in [0, 0.05) is 11.5 Å². The fraction of sp³-hybridized carbons (Fsp3) is 0.375. The summed E-state index contributed by atoms with van der Waals surface area (Å²) in [6, 6.07) is 8.58. The summed E-state index contributed by atoms with van der Waals surface area (Å²) in [7, 11) is 0. The van der Waals surface area contributed by atoms with Crippen LogP contribution >= 0.6 is 27.5 Å². The Labute approximate surface area is 131 Å². The second-order valence-electron chi connectivity index (χ2n) is 5.71. The predicted molar refractivity (Wildman–Crippen MR) is 84.1 cm³/mol. The Morgan fingerprint density at radius 2 is 1.80 bits per heavy atom. The van der Waals surface area contributed by atoms with Gasteiger partial charge in [-0.05, 0) is 59.2 Å².